The Morgan fingerprint density at radius 1 is 1.15 bits per heavy atom. The monoisotopic (exact) mass is 291 g/mol. The van der Waals surface area contributed by atoms with Crippen molar-refractivity contribution in [3.05, 3.63) is 56.5 Å². The molecular weight excluding hydrogens is 269 g/mol. The summed E-state index contributed by atoms with van der Waals surface area (Å²) in [5, 5.41) is 3.51. The average Bonchev–Trinajstić information content (AvgIpc) is 2.90. The van der Waals surface area contributed by atoms with Crippen LogP contribution in [0.4, 0.5) is 4.39 Å². The summed E-state index contributed by atoms with van der Waals surface area (Å²) in [5.74, 6) is -0.0931. The van der Waals surface area contributed by atoms with Crippen molar-refractivity contribution in [1.82, 2.24) is 5.32 Å². The molecule has 0 spiro atoms. The molecule has 0 fully saturated rings. The smallest absolute Gasteiger partial charge is 0.129 e. The van der Waals surface area contributed by atoms with Crippen LogP contribution in [0.5, 0.6) is 0 Å². The van der Waals surface area contributed by atoms with Crippen LogP contribution < -0.4 is 5.32 Å². The summed E-state index contributed by atoms with van der Waals surface area (Å²) < 4.78 is 13.8. The molecule has 0 aliphatic heterocycles. The first kappa shape index (κ1) is 15.2. The summed E-state index contributed by atoms with van der Waals surface area (Å²) in [5.41, 5.74) is 2.58. The summed E-state index contributed by atoms with van der Waals surface area (Å²) in [4.78, 5) is 2.69. The molecule has 0 saturated heterocycles. The van der Waals surface area contributed by atoms with E-state index in [1.165, 1.54) is 9.75 Å². The Hall–Kier alpha value is -1.19. The molecule has 0 aliphatic rings. The minimum absolute atomic E-state index is 0.0931. The Morgan fingerprint density at radius 3 is 2.30 bits per heavy atom. The van der Waals surface area contributed by atoms with Gasteiger partial charge in [0.25, 0.3) is 0 Å². The van der Waals surface area contributed by atoms with Crippen molar-refractivity contribution in [2.75, 3.05) is 6.54 Å². The fraction of sp³-hybridized carbons (Fsp3) is 0.412. The van der Waals surface area contributed by atoms with Crippen LogP contribution in [-0.2, 0) is 6.42 Å². The Balaban J connectivity index is 2.42. The van der Waals surface area contributed by atoms with Crippen molar-refractivity contribution in [1.29, 1.82) is 0 Å². The van der Waals surface area contributed by atoms with Crippen molar-refractivity contribution in [3.8, 4) is 0 Å². The van der Waals surface area contributed by atoms with Crippen molar-refractivity contribution < 1.29 is 4.39 Å². The minimum Gasteiger partial charge on any atom is -0.306 e. The Bertz CT molecular complexity index is 565. The molecule has 0 amide bonds. The lowest BCUT2D eigenvalue weighted by Gasteiger charge is -2.18. The molecule has 1 aromatic heterocycles. The largest absolute Gasteiger partial charge is 0.306 e. The summed E-state index contributed by atoms with van der Waals surface area (Å²) >= 11 is 1.84. The number of rotatable bonds is 5. The molecule has 1 aromatic carbocycles. The lowest BCUT2D eigenvalue weighted by molar-refractivity contribution is 0.600. The second-order valence-corrected chi connectivity index (χ2v) is 6.32. The van der Waals surface area contributed by atoms with Gasteiger partial charge in [-0.2, -0.15) is 0 Å². The predicted octanol–water partition coefficient (Wildman–Crippen LogP) is 4.77. The van der Waals surface area contributed by atoms with E-state index in [-0.39, 0.29) is 11.9 Å². The highest BCUT2D eigenvalue weighted by atomic mass is 32.1. The number of halogens is 1. The Kier molecular flexibility index (Phi) is 4.95. The van der Waals surface area contributed by atoms with Gasteiger partial charge in [0.1, 0.15) is 5.82 Å². The first-order valence-electron chi connectivity index (χ1n) is 7.15. The normalized spacial score (nSPS) is 12.7. The number of aryl methyl sites for hydroxylation is 3. The van der Waals surface area contributed by atoms with Crippen molar-refractivity contribution in [3.63, 3.8) is 0 Å². The number of nitrogens with one attached hydrogen (secondary N) is 1. The Labute approximate surface area is 124 Å². The third-order valence-electron chi connectivity index (χ3n) is 3.52. The van der Waals surface area contributed by atoms with E-state index in [0.717, 1.165) is 29.7 Å². The summed E-state index contributed by atoms with van der Waals surface area (Å²) in [6.45, 7) is 8.83. The number of hydrogen-bond donors (Lipinski definition) is 1. The van der Waals surface area contributed by atoms with Gasteiger partial charge in [0.2, 0.25) is 0 Å². The molecule has 108 valence electrons. The van der Waals surface area contributed by atoms with Gasteiger partial charge in [-0.1, -0.05) is 26.0 Å². The average molecular weight is 291 g/mol. The maximum Gasteiger partial charge on any atom is 0.129 e. The van der Waals surface area contributed by atoms with Gasteiger partial charge in [0, 0.05) is 9.75 Å². The molecule has 0 aliphatic carbocycles. The van der Waals surface area contributed by atoms with E-state index < -0.39 is 0 Å². The van der Waals surface area contributed by atoms with Crippen LogP contribution in [0.25, 0.3) is 0 Å². The molecule has 1 nitrogen and oxygen atoms in total. The summed E-state index contributed by atoms with van der Waals surface area (Å²) in [6.07, 6.45) is 1.06. The Morgan fingerprint density at radius 2 is 1.80 bits per heavy atom. The molecule has 2 rings (SSSR count). The molecular formula is C17H22FNS. The predicted molar refractivity (Wildman–Crippen MR) is 85.1 cm³/mol. The maximum atomic E-state index is 13.8. The molecule has 0 bridgehead atoms. The van der Waals surface area contributed by atoms with E-state index in [4.69, 9.17) is 0 Å². The molecule has 0 radical (unpaired) electrons. The molecule has 20 heavy (non-hydrogen) atoms. The number of hydrogen-bond acceptors (Lipinski definition) is 2. The van der Waals surface area contributed by atoms with Gasteiger partial charge in [0.05, 0.1) is 6.04 Å². The van der Waals surface area contributed by atoms with E-state index in [0.29, 0.717) is 0 Å². The van der Waals surface area contributed by atoms with Gasteiger partial charge < -0.3 is 5.32 Å². The second-order valence-electron chi connectivity index (χ2n) is 5.12. The van der Waals surface area contributed by atoms with Crippen LogP contribution in [0.2, 0.25) is 0 Å². The topological polar surface area (TPSA) is 12.0 Å². The zero-order valence-corrected chi connectivity index (χ0v) is 13.4. The quantitative estimate of drug-likeness (QED) is 0.837. The molecule has 1 atom stereocenters. The van der Waals surface area contributed by atoms with E-state index in [2.05, 4.69) is 31.3 Å². The van der Waals surface area contributed by atoms with Gasteiger partial charge >= 0.3 is 0 Å². The molecule has 3 heteroatoms. The SMILES string of the molecule is CCNC(c1cc(C)c(F)c(C)c1)c1ccc(CC)s1. The van der Waals surface area contributed by atoms with Gasteiger partial charge in [0.15, 0.2) is 0 Å². The molecule has 1 unspecified atom stereocenters. The first-order chi connectivity index (χ1) is 9.56. The van der Waals surface area contributed by atoms with Crippen LogP contribution in [0, 0.1) is 19.7 Å². The van der Waals surface area contributed by atoms with E-state index in [9.17, 15) is 4.39 Å². The molecule has 1 N–H and O–H groups in total. The lowest BCUT2D eigenvalue weighted by Crippen LogP contribution is -2.21. The van der Waals surface area contributed by atoms with Crippen molar-refractivity contribution >= 4 is 11.3 Å². The van der Waals surface area contributed by atoms with Crippen LogP contribution in [0.1, 0.15) is 46.3 Å². The minimum atomic E-state index is -0.0931. The maximum absolute atomic E-state index is 13.8. The third kappa shape index (κ3) is 3.10. The molecule has 0 saturated carbocycles. The highest BCUT2D eigenvalue weighted by Crippen LogP contribution is 2.30. The van der Waals surface area contributed by atoms with E-state index >= 15 is 0 Å². The second kappa shape index (κ2) is 6.51. The fourth-order valence-corrected chi connectivity index (χ4v) is 3.53. The van der Waals surface area contributed by atoms with Crippen molar-refractivity contribution in [2.24, 2.45) is 0 Å². The zero-order valence-electron chi connectivity index (χ0n) is 12.6. The van der Waals surface area contributed by atoms with Gasteiger partial charge in [-0.05, 0) is 55.6 Å². The molecule has 2 aromatic rings. The van der Waals surface area contributed by atoms with Gasteiger partial charge in [-0.15, -0.1) is 11.3 Å². The van der Waals surface area contributed by atoms with Crippen molar-refractivity contribution in [2.45, 2.75) is 40.2 Å². The lowest BCUT2D eigenvalue weighted by atomic mass is 9.99. The van der Waals surface area contributed by atoms with Crippen LogP contribution in [-0.4, -0.2) is 6.54 Å². The summed E-state index contributed by atoms with van der Waals surface area (Å²) in [6, 6.07) is 8.45. The van der Waals surface area contributed by atoms with Gasteiger partial charge in [-0.3, -0.25) is 0 Å². The highest BCUT2D eigenvalue weighted by Gasteiger charge is 2.17. The van der Waals surface area contributed by atoms with E-state index in [1.54, 1.807) is 0 Å². The highest BCUT2D eigenvalue weighted by molar-refractivity contribution is 7.12. The van der Waals surface area contributed by atoms with E-state index in [1.807, 2.05) is 37.3 Å². The molecule has 1 heterocycles. The fourth-order valence-electron chi connectivity index (χ4n) is 2.47. The van der Waals surface area contributed by atoms with Crippen LogP contribution in [0.3, 0.4) is 0 Å². The third-order valence-corrected chi connectivity index (χ3v) is 4.81. The zero-order chi connectivity index (χ0) is 14.7. The standard InChI is InChI=1S/C17H22FNS/c1-5-14-7-8-15(20-14)17(19-6-2)13-9-11(3)16(18)12(4)10-13/h7-10,17,19H,5-6H2,1-4H3. The van der Waals surface area contributed by atoms with Crippen LogP contribution >= 0.6 is 11.3 Å². The number of benzene rings is 1. The van der Waals surface area contributed by atoms with Gasteiger partial charge in [-0.25, -0.2) is 4.39 Å². The number of thiophene rings is 1. The first-order valence-corrected chi connectivity index (χ1v) is 7.97. The summed E-state index contributed by atoms with van der Waals surface area (Å²) in [7, 11) is 0. The van der Waals surface area contributed by atoms with Crippen LogP contribution in [0.15, 0.2) is 24.3 Å².